The smallest absolute Gasteiger partial charge is 0.305 e. The molecule has 0 spiro atoms. The van der Waals surface area contributed by atoms with Crippen molar-refractivity contribution in [1.82, 2.24) is 0 Å². The average molecular weight is 407 g/mol. The van der Waals surface area contributed by atoms with Crippen LogP contribution in [0.3, 0.4) is 0 Å². The maximum Gasteiger partial charge on any atom is 0.305 e. The standard InChI is InChI=1S/C23H25N3O4/c1-14-21(30-3)20(16-7-4-15(5-8-16)6-13-19(27)29-2)23(28)26(14)18-11-9-17(10-12-18)22(24)25/h4-5,7-12,14H,6,13H2,1-3H3,(H3,24,25). The zero-order chi connectivity index (χ0) is 21.8. The minimum absolute atomic E-state index is 0.0222. The number of aryl methyl sites for hydroxylation is 1. The van der Waals surface area contributed by atoms with E-state index in [1.165, 1.54) is 7.11 Å². The van der Waals surface area contributed by atoms with E-state index in [1.54, 1.807) is 36.3 Å². The van der Waals surface area contributed by atoms with Gasteiger partial charge in [-0.05, 0) is 48.7 Å². The molecule has 3 rings (SSSR count). The molecule has 30 heavy (non-hydrogen) atoms. The number of hydrogen-bond acceptors (Lipinski definition) is 5. The Morgan fingerprint density at radius 1 is 1.10 bits per heavy atom. The van der Waals surface area contributed by atoms with Crippen LogP contribution >= 0.6 is 0 Å². The Kier molecular flexibility index (Phi) is 6.20. The van der Waals surface area contributed by atoms with Gasteiger partial charge in [0.25, 0.3) is 5.91 Å². The van der Waals surface area contributed by atoms with Crippen LogP contribution in [-0.4, -0.2) is 38.0 Å². The molecule has 156 valence electrons. The maximum absolute atomic E-state index is 13.3. The van der Waals surface area contributed by atoms with Crippen LogP contribution in [0.4, 0.5) is 5.69 Å². The Morgan fingerprint density at radius 2 is 1.73 bits per heavy atom. The van der Waals surface area contributed by atoms with Gasteiger partial charge in [0.1, 0.15) is 11.6 Å². The molecule has 1 amide bonds. The maximum atomic E-state index is 13.3. The number of benzene rings is 2. The first-order valence-corrected chi connectivity index (χ1v) is 9.59. The first kappa shape index (κ1) is 21.1. The molecule has 0 fully saturated rings. The number of nitrogens with zero attached hydrogens (tertiary/aromatic N) is 1. The molecule has 1 aliphatic rings. The van der Waals surface area contributed by atoms with Crippen LogP contribution in [0.1, 0.15) is 30.0 Å². The molecule has 0 radical (unpaired) electrons. The normalized spacial score (nSPS) is 16.0. The van der Waals surface area contributed by atoms with Crippen molar-refractivity contribution in [3.63, 3.8) is 0 Å². The quantitative estimate of drug-likeness (QED) is 0.417. The van der Waals surface area contributed by atoms with Gasteiger partial charge < -0.3 is 15.2 Å². The van der Waals surface area contributed by atoms with Gasteiger partial charge in [-0.3, -0.25) is 19.9 Å². The van der Waals surface area contributed by atoms with E-state index in [9.17, 15) is 9.59 Å². The second-order valence-corrected chi connectivity index (χ2v) is 7.03. The van der Waals surface area contributed by atoms with Gasteiger partial charge >= 0.3 is 5.97 Å². The van der Waals surface area contributed by atoms with Crippen molar-refractivity contribution in [2.24, 2.45) is 5.73 Å². The molecule has 0 saturated heterocycles. The molecular formula is C23H25N3O4. The van der Waals surface area contributed by atoms with Crippen molar-refractivity contribution < 1.29 is 19.1 Å². The number of nitrogens with two attached hydrogens (primary N) is 1. The average Bonchev–Trinajstić information content (AvgIpc) is 3.01. The van der Waals surface area contributed by atoms with Crippen molar-refractivity contribution in [2.75, 3.05) is 19.1 Å². The Hall–Kier alpha value is -3.61. The van der Waals surface area contributed by atoms with Crippen LogP contribution in [0.2, 0.25) is 0 Å². The fourth-order valence-electron chi connectivity index (χ4n) is 3.60. The summed E-state index contributed by atoms with van der Waals surface area (Å²) in [4.78, 5) is 26.3. The highest BCUT2D eigenvalue weighted by Gasteiger charge is 2.39. The van der Waals surface area contributed by atoms with E-state index in [4.69, 9.17) is 15.9 Å². The number of carbonyl (C=O) groups excluding carboxylic acids is 2. The van der Waals surface area contributed by atoms with Crippen LogP contribution in [0.15, 0.2) is 54.3 Å². The molecule has 2 aromatic rings. The molecule has 7 heteroatoms. The van der Waals surface area contributed by atoms with Gasteiger partial charge in [-0.2, -0.15) is 0 Å². The lowest BCUT2D eigenvalue weighted by Gasteiger charge is -2.23. The number of esters is 1. The molecule has 7 nitrogen and oxygen atoms in total. The molecule has 1 heterocycles. The predicted molar refractivity (Wildman–Crippen MR) is 115 cm³/mol. The number of nitrogen functional groups attached to an aromatic ring is 1. The van der Waals surface area contributed by atoms with E-state index in [0.717, 1.165) is 11.1 Å². The summed E-state index contributed by atoms with van der Waals surface area (Å²) < 4.78 is 10.3. The van der Waals surface area contributed by atoms with Crippen LogP contribution in [0.5, 0.6) is 0 Å². The summed E-state index contributed by atoms with van der Waals surface area (Å²) in [6.07, 6.45) is 0.879. The molecule has 0 aromatic heterocycles. The number of nitrogens with one attached hydrogen (secondary N) is 1. The summed E-state index contributed by atoms with van der Waals surface area (Å²) in [5, 5.41) is 7.53. The van der Waals surface area contributed by atoms with E-state index in [0.29, 0.717) is 35.4 Å². The van der Waals surface area contributed by atoms with Crippen LogP contribution in [0, 0.1) is 5.41 Å². The molecule has 0 saturated carbocycles. The first-order chi connectivity index (χ1) is 14.4. The number of ether oxygens (including phenoxy) is 2. The number of rotatable bonds is 7. The third-order valence-corrected chi connectivity index (χ3v) is 5.21. The first-order valence-electron chi connectivity index (χ1n) is 9.59. The lowest BCUT2D eigenvalue weighted by atomic mass is 10.0. The Morgan fingerprint density at radius 3 is 2.27 bits per heavy atom. The highest BCUT2D eigenvalue weighted by molar-refractivity contribution is 6.30. The largest absolute Gasteiger partial charge is 0.498 e. The number of amides is 1. The SMILES string of the molecule is COC(=O)CCc1ccc(C2=C(OC)C(C)N(c3ccc(C(=N)N)cc3)C2=O)cc1. The van der Waals surface area contributed by atoms with Crippen molar-refractivity contribution in [2.45, 2.75) is 25.8 Å². The summed E-state index contributed by atoms with van der Waals surface area (Å²) in [5.41, 5.74) is 9.08. The van der Waals surface area contributed by atoms with Crippen molar-refractivity contribution >= 4 is 29.0 Å². The van der Waals surface area contributed by atoms with Gasteiger partial charge in [0.05, 0.1) is 25.8 Å². The summed E-state index contributed by atoms with van der Waals surface area (Å²) in [7, 11) is 2.93. The van der Waals surface area contributed by atoms with Gasteiger partial charge in [0.15, 0.2) is 0 Å². The molecule has 3 N–H and O–H groups in total. The molecule has 2 aromatic carbocycles. The number of anilines is 1. The number of amidine groups is 1. The van der Waals surface area contributed by atoms with E-state index in [1.807, 2.05) is 31.2 Å². The highest BCUT2D eigenvalue weighted by atomic mass is 16.5. The summed E-state index contributed by atoms with van der Waals surface area (Å²) >= 11 is 0. The van der Waals surface area contributed by atoms with Gasteiger partial charge in [-0.1, -0.05) is 24.3 Å². The van der Waals surface area contributed by atoms with E-state index >= 15 is 0 Å². The van der Waals surface area contributed by atoms with Gasteiger partial charge in [0, 0.05) is 17.7 Å². The van der Waals surface area contributed by atoms with Crippen LogP contribution in [0.25, 0.3) is 5.57 Å². The molecule has 1 atom stereocenters. The summed E-state index contributed by atoms with van der Waals surface area (Å²) in [5.74, 6) is 0.163. The fourth-order valence-corrected chi connectivity index (χ4v) is 3.60. The fraction of sp³-hybridized carbons (Fsp3) is 0.261. The monoisotopic (exact) mass is 407 g/mol. The molecule has 0 bridgehead atoms. The van der Waals surface area contributed by atoms with Crippen LogP contribution in [-0.2, 0) is 25.5 Å². The molecule has 0 aliphatic carbocycles. The minimum atomic E-state index is -0.278. The molecular weight excluding hydrogens is 382 g/mol. The van der Waals surface area contributed by atoms with Gasteiger partial charge in [-0.15, -0.1) is 0 Å². The summed E-state index contributed by atoms with van der Waals surface area (Å²) in [6, 6.07) is 14.3. The number of methoxy groups -OCH3 is 2. The summed E-state index contributed by atoms with van der Waals surface area (Å²) in [6.45, 7) is 1.91. The Labute approximate surface area is 175 Å². The van der Waals surface area contributed by atoms with Crippen molar-refractivity contribution in [1.29, 1.82) is 5.41 Å². The van der Waals surface area contributed by atoms with Gasteiger partial charge in [0.2, 0.25) is 0 Å². The predicted octanol–water partition coefficient (Wildman–Crippen LogP) is 2.87. The second-order valence-electron chi connectivity index (χ2n) is 7.03. The zero-order valence-corrected chi connectivity index (χ0v) is 17.3. The van der Waals surface area contributed by atoms with E-state index < -0.39 is 0 Å². The third kappa shape index (κ3) is 4.05. The van der Waals surface area contributed by atoms with Crippen molar-refractivity contribution in [3.8, 4) is 0 Å². The van der Waals surface area contributed by atoms with Gasteiger partial charge in [-0.25, -0.2) is 0 Å². The highest BCUT2D eigenvalue weighted by Crippen LogP contribution is 2.36. The number of carbonyl (C=O) groups is 2. The topological polar surface area (TPSA) is 106 Å². The van der Waals surface area contributed by atoms with Crippen molar-refractivity contribution in [3.05, 3.63) is 71.0 Å². The van der Waals surface area contributed by atoms with E-state index in [-0.39, 0.29) is 23.8 Å². The lowest BCUT2D eigenvalue weighted by molar-refractivity contribution is -0.140. The third-order valence-electron chi connectivity index (χ3n) is 5.21. The van der Waals surface area contributed by atoms with Crippen LogP contribution < -0.4 is 10.6 Å². The second kappa shape index (κ2) is 8.82. The lowest BCUT2D eigenvalue weighted by Crippen LogP contribution is -2.33. The minimum Gasteiger partial charge on any atom is -0.498 e. The number of hydrogen-bond donors (Lipinski definition) is 2. The Balaban J connectivity index is 1.86. The van der Waals surface area contributed by atoms with E-state index in [2.05, 4.69) is 4.74 Å². The Bertz CT molecular complexity index is 994. The zero-order valence-electron chi connectivity index (χ0n) is 17.3. The molecule has 1 unspecified atom stereocenters. The molecule has 1 aliphatic heterocycles.